The molecule has 0 radical (unpaired) electrons. The fourth-order valence-electron chi connectivity index (χ4n) is 1.08. The average Bonchev–Trinajstić information content (AvgIpc) is 1.87. The molecule has 0 amide bonds. The molecular weight excluding hydrogens is 158 g/mol. The van der Waals surface area contributed by atoms with Crippen LogP contribution in [0.5, 0.6) is 0 Å². The normalized spacial score (nSPS) is 16.4. The Morgan fingerprint density at radius 1 is 1.36 bits per heavy atom. The number of rotatable bonds is 6. The first kappa shape index (κ1) is 11.3. The van der Waals surface area contributed by atoms with Gasteiger partial charge in [-0.15, -0.1) is 0 Å². The van der Waals surface area contributed by atoms with Gasteiger partial charge in [0.15, 0.2) is 0 Å². The topological polar surface area (TPSA) is 21.3 Å². The molecule has 2 nitrogen and oxygen atoms in total. The van der Waals surface area contributed by atoms with Crippen molar-refractivity contribution in [3.8, 4) is 0 Å². The number of hydrogen-bond donors (Lipinski definition) is 1. The lowest BCUT2D eigenvalue weighted by Gasteiger charge is -2.18. The average molecular weight is 177 g/mol. The Kier molecular flexibility index (Phi) is 7.12. The highest BCUT2D eigenvalue weighted by Crippen LogP contribution is 1.97. The van der Waals surface area contributed by atoms with Crippen LogP contribution < -0.4 is 5.32 Å². The van der Waals surface area contributed by atoms with Gasteiger partial charge in [0, 0.05) is 24.9 Å². The number of hydrogen-bond acceptors (Lipinski definition) is 3. The summed E-state index contributed by atoms with van der Waals surface area (Å²) in [5.41, 5.74) is 0. The van der Waals surface area contributed by atoms with Gasteiger partial charge in [0.25, 0.3) is 0 Å². The first-order chi connectivity index (χ1) is 5.20. The molecule has 0 aliphatic carbocycles. The van der Waals surface area contributed by atoms with Crippen LogP contribution in [0.2, 0.25) is 0 Å². The Bertz CT molecular complexity index is 80.2. The summed E-state index contributed by atoms with van der Waals surface area (Å²) >= 11 is 1.87. The highest BCUT2D eigenvalue weighted by Gasteiger charge is 2.05. The van der Waals surface area contributed by atoms with Gasteiger partial charge in [0.05, 0.1) is 6.61 Å². The lowest BCUT2D eigenvalue weighted by molar-refractivity contribution is 0.169. The van der Waals surface area contributed by atoms with Crippen molar-refractivity contribution in [3.63, 3.8) is 0 Å². The summed E-state index contributed by atoms with van der Waals surface area (Å²) in [6.07, 6.45) is 2.12. The summed E-state index contributed by atoms with van der Waals surface area (Å²) < 4.78 is 5.01. The van der Waals surface area contributed by atoms with Crippen molar-refractivity contribution in [3.05, 3.63) is 0 Å². The lowest BCUT2D eigenvalue weighted by atomic mass is 10.3. The van der Waals surface area contributed by atoms with Crippen molar-refractivity contribution in [2.45, 2.75) is 25.9 Å². The minimum atomic E-state index is 0.460. The predicted octanol–water partition coefficient (Wildman–Crippen LogP) is 1.36. The summed E-state index contributed by atoms with van der Waals surface area (Å²) in [7, 11) is 1.73. The highest BCUT2D eigenvalue weighted by molar-refractivity contribution is 7.98. The fourth-order valence-corrected chi connectivity index (χ4v) is 1.68. The van der Waals surface area contributed by atoms with Gasteiger partial charge in [-0.1, -0.05) is 0 Å². The lowest BCUT2D eigenvalue weighted by Crippen LogP contribution is -2.38. The van der Waals surface area contributed by atoms with Gasteiger partial charge in [-0.2, -0.15) is 11.8 Å². The summed E-state index contributed by atoms with van der Waals surface area (Å²) in [5.74, 6) is 1.16. The maximum absolute atomic E-state index is 5.01. The zero-order valence-electron chi connectivity index (χ0n) is 7.89. The van der Waals surface area contributed by atoms with Crippen LogP contribution in [0.25, 0.3) is 0 Å². The molecule has 0 bridgehead atoms. The van der Waals surface area contributed by atoms with Crippen LogP contribution in [0.3, 0.4) is 0 Å². The maximum atomic E-state index is 5.01. The molecule has 0 aliphatic rings. The van der Waals surface area contributed by atoms with Crippen molar-refractivity contribution in [1.82, 2.24) is 5.32 Å². The Morgan fingerprint density at radius 3 is 2.45 bits per heavy atom. The van der Waals surface area contributed by atoms with Gasteiger partial charge in [-0.05, 0) is 20.1 Å². The third-order valence-corrected chi connectivity index (χ3v) is 2.24. The molecule has 0 rings (SSSR count). The van der Waals surface area contributed by atoms with E-state index in [1.165, 1.54) is 0 Å². The summed E-state index contributed by atoms with van der Waals surface area (Å²) in [5, 5.41) is 3.44. The fraction of sp³-hybridized carbons (Fsp3) is 1.00. The quantitative estimate of drug-likeness (QED) is 0.662. The van der Waals surface area contributed by atoms with E-state index in [9.17, 15) is 0 Å². The molecule has 3 heteroatoms. The molecule has 68 valence electrons. The van der Waals surface area contributed by atoms with E-state index in [4.69, 9.17) is 4.74 Å². The largest absolute Gasteiger partial charge is 0.383 e. The van der Waals surface area contributed by atoms with E-state index in [0.717, 1.165) is 12.4 Å². The standard InChI is InChI=1S/C8H19NOS/c1-7(5-10-3)9-8(2)6-11-4/h7-9H,5-6H2,1-4H3. The van der Waals surface area contributed by atoms with E-state index in [1.54, 1.807) is 7.11 Å². The predicted molar refractivity (Wildman–Crippen MR) is 52.3 cm³/mol. The Labute approximate surface area is 74.1 Å². The van der Waals surface area contributed by atoms with Gasteiger partial charge in [-0.25, -0.2) is 0 Å². The van der Waals surface area contributed by atoms with E-state index in [-0.39, 0.29) is 0 Å². The highest BCUT2D eigenvalue weighted by atomic mass is 32.2. The minimum Gasteiger partial charge on any atom is -0.383 e. The first-order valence-corrected chi connectivity index (χ1v) is 5.34. The Balaban J connectivity index is 3.32. The van der Waals surface area contributed by atoms with Crippen molar-refractivity contribution >= 4 is 11.8 Å². The molecule has 0 aromatic heterocycles. The van der Waals surface area contributed by atoms with Gasteiger partial charge < -0.3 is 10.1 Å². The first-order valence-electron chi connectivity index (χ1n) is 3.94. The molecule has 0 aromatic rings. The SMILES string of the molecule is COCC(C)NC(C)CSC. The molecule has 0 aliphatic heterocycles. The van der Waals surface area contributed by atoms with Gasteiger partial charge in [0.2, 0.25) is 0 Å². The molecule has 0 heterocycles. The van der Waals surface area contributed by atoms with E-state index in [2.05, 4.69) is 25.4 Å². The summed E-state index contributed by atoms with van der Waals surface area (Å²) in [6.45, 7) is 5.13. The van der Waals surface area contributed by atoms with Crippen molar-refractivity contribution in [2.24, 2.45) is 0 Å². The van der Waals surface area contributed by atoms with Crippen LogP contribution >= 0.6 is 11.8 Å². The molecule has 2 atom stereocenters. The molecule has 11 heavy (non-hydrogen) atoms. The third-order valence-electron chi connectivity index (χ3n) is 1.40. The van der Waals surface area contributed by atoms with Gasteiger partial charge in [0.1, 0.15) is 0 Å². The summed E-state index contributed by atoms with van der Waals surface area (Å²) in [6, 6.07) is 1.04. The zero-order chi connectivity index (χ0) is 8.69. The molecule has 1 N–H and O–H groups in total. The smallest absolute Gasteiger partial charge is 0.0613 e. The van der Waals surface area contributed by atoms with Crippen LogP contribution in [0.1, 0.15) is 13.8 Å². The van der Waals surface area contributed by atoms with Gasteiger partial charge >= 0.3 is 0 Å². The number of methoxy groups -OCH3 is 1. The number of ether oxygens (including phenoxy) is 1. The van der Waals surface area contributed by atoms with Crippen LogP contribution in [0, 0.1) is 0 Å². The molecular formula is C8H19NOS. The Morgan fingerprint density at radius 2 is 2.00 bits per heavy atom. The van der Waals surface area contributed by atoms with Crippen LogP contribution in [-0.2, 0) is 4.74 Å². The second-order valence-electron chi connectivity index (χ2n) is 2.88. The van der Waals surface area contributed by atoms with Crippen LogP contribution in [0.4, 0.5) is 0 Å². The summed E-state index contributed by atoms with van der Waals surface area (Å²) in [4.78, 5) is 0. The second-order valence-corrected chi connectivity index (χ2v) is 3.79. The molecule has 0 saturated heterocycles. The second kappa shape index (κ2) is 6.95. The number of nitrogens with one attached hydrogen (secondary N) is 1. The van der Waals surface area contributed by atoms with Crippen molar-refractivity contribution in [2.75, 3.05) is 25.7 Å². The van der Waals surface area contributed by atoms with Gasteiger partial charge in [-0.3, -0.25) is 0 Å². The zero-order valence-corrected chi connectivity index (χ0v) is 8.70. The molecule has 0 spiro atoms. The maximum Gasteiger partial charge on any atom is 0.0613 e. The van der Waals surface area contributed by atoms with Crippen LogP contribution in [0.15, 0.2) is 0 Å². The van der Waals surface area contributed by atoms with Crippen molar-refractivity contribution < 1.29 is 4.74 Å². The number of thioether (sulfide) groups is 1. The van der Waals surface area contributed by atoms with Crippen molar-refractivity contribution in [1.29, 1.82) is 0 Å². The molecule has 0 fully saturated rings. The molecule has 0 saturated carbocycles. The molecule has 2 unspecified atom stereocenters. The molecule has 0 aromatic carbocycles. The van der Waals surface area contributed by atoms with E-state index in [1.807, 2.05) is 11.8 Å². The van der Waals surface area contributed by atoms with E-state index < -0.39 is 0 Å². The van der Waals surface area contributed by atoms with Crippen LogP contribution in [-0.4, -0.2) is 37.8 Å². The van der Waals surface area contributed by atoms with E-state index >= 15 is 0 Å². The Hall–Kier alpha value is 0.270. The third kappa shape index (κ3) is 6.66. The van der Waals surface area contributed by atoms with E-state index in [0.29, 0.717) is 12.1 Å². The monoisotopic (exact) mass is 177 g/mol. The minimum absolute atomic E-state index is 0.460.